The Morgan fingerprint density at radius 3 is 2.62 bits per heavy atom. The smallest absolute Gasteiger partial charge is 0.258 e. The van der Waals surface area contributed by atoms with E-state index in [9.17, 15) is 4.79 Å². The average molecular weight is 329 g/mol. The second-order valence-electron chi connectivity index (χ2n) is 6.88. The Hall–Kier alpha value is -2.41. The monoisotopic (exact) mass is 329 g/mol. The first kappa shape index (κ1) is 16.4. The molecule has 24 heavy (non-hydrogen) atoms. The third kappa shape index (κ3) is 3.73. The molecule has 3 heterocycles. The second-order valence-corrected chi connectivity index (χ2v) is 6.88. The molecular formula is C17H23N5O2. The minimum atomic E-state index is -0.219. The SMILES string of the molecule is CC(C)(C)c1cc(NC(=O)c2ccc(N3CCOCC3)nc2)n[nH]1. The summed E-state index contributed by atoms with van der Waals surface area (Å²) < 4.78 is 5.33. The van der Waals surface area contributed by atoms with Crippen LogP contribution in [0.2, 0.25) is 0 Å². The van der Waals surface area contributed by atoms with Crippen molar-refractivity contribution >= 4 is 17.5 Å². The molecule has 1 aliphatic heterocycles. The molecule has 128 valence electrons. The molecule has 1 amide bonds. The first-order valence-corrected chi connectivity index (χ1v) is 8.09. The van der Waals surface area contributed by atoms with Crippen LogP contribution < -0.4 is 10.2 Å². The lowest BCUT2D eigenvalue weighted by molar-refractivity contribution is 0.102. The van der Waals surface area contributed by atoms with Crippen LogP contribution >= 0.6 is 0 Å². The van der Waals surface area contributed by atoms with Gasteiger partial charge in [-0.1, -0.05) is 20.8 Å². The molecule has 1 aliphatic rings. The standard InChI is InChI=1S/C17H23N5O2/c1-17(2,3)13-10-14(21-20-13)19-16(23)12-4-5-15(18-11-12)22-6-8-24-9-7-22/h4-5,10-11H,6-9H2,1-3H3,(H2,19,20,21,23). The summed E-state index contributed by atoms with van der Waals surface area (Å²) >= 11 is 0. The number of nitrogens with one attached hydrogen (secondary N) is 2. The summed E-state index contributed by atoms with van der Waals surface area (Å²) in [5.41, 5.74) is 1.43. The lowest BCUT2D eigenvalue weighted by Crippen LogP contribution is -2.36. The van der Waals surface area contributed by atoms with Gasteiger partial charge in [0.25, 0.3) is 5.91 Å². The summed E-state index contributed by atoms with van der Waals surface area (Å²) in [6.45, 7) is 9.31. The number of H-pyrrole nitrogens is 1. The molecule has 1 saturated heterocycles. The van der Waals surface area contributed by atoms with E-state index in [1.165, 1.54) is 0 Å². The van der Waals surface area contributed by atoms with Crippen molar-refractivity contribution < 1.29 is 9.53 Å². The van der Waals surface area contributed by atoms with Crippen LogP contribution in [-0.2, 0) is 10.2 Å². The van der Waals surface area contributed by atoms with Gasteiger partial charge in [-0.25, -0.2) is 4.98 Å². The molecule has 0 radical (unpaired) electrons. The van der Waals surface area contributed by atoms with Crippen LogP contribution in [-0.4, -0.2) is 47.4 Å². The number of amides is 1. The zero-order valence-corrected chi connectivity index (χ0v) is 14.3. The van der Waals surface area contributed by atoms with Crippen LogP contribution in [0.25, 0.3) is 0 Å². The number of carbonyl (C=O) groups is 1. The predicted molar refractivity (Wildman–Crippen MR) is 92.5 cm³/mol. The van der Waals surface area contributed by atoms with Crippen molar-refractivity contribution in [1.82, 2.24) is 15.2 Å². The van der Waals surface area contributed by atoms with Gasteiger partial charge in [-0.15, -0.1) is 0 Å². The molecule has 0 aromatic carbocycles. The van der Waals surface area contributed by atoms with Gasteiger partial charge in [-0.3, -0.25) is 9.89 Å². The van der Waals surface area contributed by atoms with Crippen LogP contribution in [0, 0.1) is 0 Å². The minimum absolute atomic E-state index is 0.0443. The lowest BCUT2D eigenvalue weighted by Gasteiger charge is -2.27. The van der Waals surface area contributed by atoms with E-state index in [1.807, 2.05) is 12.1 Å². The fourth-order valence-electron chi connectivity index (χ4n) is 2.46. The van der Waals surface area contributed by atoms with Crippen molar-refractivity contribution in [3.8, 4) is 0 Å². The van der Waals surface area contributed by atoms with Gasteiger partial charge in [0, 0.05) is 36.5 Å². The molecule has 0 saturated carbocycles. The van der Waals surface area contributed by atoms with E-state index < -0.39 is 0 Å². The van der Waals surface area contributed by atoms with Crippen LogP contribution in [0.1, 0.15) is 36.8 Å². The van der Waals surface area contributed by atoms with E-state index >= 15 is 0 Å². The van der Waals surface area contributed by atoms with Crippen LogP contribution in [0.15, 0.2) is 24.4 Å². The Balaban J connectivity index is 1.65. The first-order valence-electron chi connectivity index (χ1n) is 8.09. The molecule has 1 fully saturated rings. The summed E-state index contributed by atoms with van der Waals surface area (Å²) in [4.78, 5) is 18.9. The number of aromatic amines is 1. The highest BCUT2D eigenvalue weighted by atomic mass is 16.5. The number of carbonyl (C=O) groups excluding carboxylic acids is 1. The fourth-order valence-corrected chi connectivity index (χ4v) is 2.46. The minimum Gasteiger partial charge on any atom is -0.378 e. The van der Waals surface area contributed by atoms with E-state index in [1.54, 1.807) is 12.3 Å². The molecule has 0 unspecified atom stereocenters. The quantitative estimate of drug-likeness (QED) is 0.902. The second kappa shape index (κ2) is 6.60. The highest BCUT2D eigenvalue weighted by Gasteiger charge is 2.18. The Morgan fingerprint density at radius 2 is 2.04 bits per heavy atom. The normalized spacial score (nSPS) is 15.4. The van der Waals surface area contributed by atoms with Gasteiger partial charge in [0.15, 0.2) is 5.82 Å². The summed E-state index contributed by atoms with van der Waals surface area (Å²) in [6, 6.07) is 5.50. The van der Waals surface area contributed by atoms with Crippen molar-refractivity contribution in [2.24, 2.45) is 0 Å². The third-order valence-corrected chi connectivity index (χ3v) is 3.97. The lowest BCUT2D eigenvalue weighted by atomic mass is 9.92. The maximum atomic E-state index is 12.3. The molecular weight excluding hydrogens is 306 g/mol. The Labute approximate surface area is 141 Å². The zero-order chi connectivity index (χ0) is 17.2. The average Bonchev–Trinajstić information content (AvgIpc) is 3.05. The molecule has 0 atom stereocenters. The molecule has 2 aromatic heterocycles. The molecule has 2 aromatic rings. The molecule has 7 nitrogen and oxygen atoms in total. The van der Waals surface area contributed by atoms with Crippen molar-refractivity contribution in [3.63, 3.8) is 0 Å². The highest BCUT2D eigenvalue weighted by Crippen LogP contribution is 2.22. The molecule has 0 aliphatic carbocycles. The van der Waals surface area contributed by atoms with Crippen LogP contribution in [0.3, 0.4) is 0 Å². The number of aromatic nitrogens is 3. The number of rotatable bonds is 3. The molecule has 7 heteroatoms. The third-order valence-electron chi connectivity index (χ3n) is 3.97. The van der Waals surface area contributed by atoms with E-state index in [-0.39, 0.29) is 11.3 Å². The van der Waals surface area contributed by atoms with Gasteiger partial charge < -0.3 is 15.0 Å². The Morgan fingerprint density at radius 1 is 1.29 bits per heavy atom. The molecule has 2 N–H and O–H groups in total. The Kier molecular flexibility index (Phi) is 4.53. The summed E-state index contributed by atoms with van der Waals surface area (Å²) in [7, 11) is 0. The first-order chi connectivity index (χ1) is 11.4. The maximum Gasteiger partial charge on any atom is 0.258 e. The Bertz CT molecular complexity index is 697. The zero-order valence-electron chi connectivity index (χ0n) is 14.3. The summed E-state index contributed by atoms with van der Waals surface area (Å²) in [5.74, 6) is 1.16. The fraction of sp³-hybridized carbons (Fsp3) is 0.471. The van der Waals surface area contributed by atoms with Crippen LogP contribution in [0.5, 0.6) is 0 Å². The topological polar surface area (TPSA) is 83.1 Å². The van der Waals surface area contributed by atoms with Gasteiger partial charge in [-0.05, 0) is 12.1 Å². The van der Waals surface area contributed by atoms with E-state index in [2.05, 4.69) is 46.2 Å². The number of ether oxygens (including phenoxy) is 1. The van der Waals surface area contributed by atoms with E-state index in [0.717, 1.165) is 24.6 Å². The number of anilines is 2. The molecule has 3 rings (SSSR count). The van der Waals surface area contributed by atoms with Crippen molar-refractivity contribution in [2.75, 3.05) is 36.5 Å². The maximum absolute atomic E-state index is 12.3. The predicted octanol–water partition coefficient (Wildman–Crippen LogP) is 2.19. The van der Waals surface area contributed by atoms with E-state index in [4.69, 9.17) is 4.74 Å². The van der Waals surface area contributed by atoms with Crippen molar-refractivity contribution in [1.29, 1.82) is 0 Å². The number of morpholine rings is 1. The van der Waals surface area contributed by atoms with E-state index in [0.29, 0.717) is 24.6 Å². The van der Waals surface area contributed by atoms with Gasteiger partial charge in [0.2, 0.25) is 0 Å². The van der Waals surface area contributed by atoms with Crippen LogP contribution in [0.4, 0.5) is 11.6 Å². The van der Waals surface area contributed by atoms with Gasteiger partial charge in [-0.2, -0.15) is 5.10 Å². The van der Waals surface area contributed by atoms with Crippen molar-refractivity contribution in [2.45, 2.75) is 26.2 Å². The highest BCUT2D eigenvalue weighted by molar-refractivity contribution is 6.03. The molecule has 0 spiro atoms. The van der Waals surface area contributed by atoms with Gasteiger partial charge in [0.1, 0.15) is 5.82 Å². The number of hydrogen-bond acceptors (Lipinski definition) is 5. The largest absolute Gasteiger partial charge is 0.378 e. The van der Waals surface area contributed by atoms with Gasteiger partial charge >= 0.3 is 0 Å². The number of pyridine rings is 1. The van der Waals surface area contributed by atoms with Gasteiger partial charge in [0.05, 0.1) is 18.8 Å². The molecule has 0 bridgehead atoms. The summed E-state index contributed by atoms with van der Waals surface area (Å²) in [6.07, 6.45) is 1.59. The summed E-state index contributed by atoms with van der Waals surface area (Å²) in [5, 5.41) is 9.89. The van der Waals surface area contributed by atoms with Crippen molar-refractivity contribution in [3.05, 3.63) is 35.7 Å². The number of nitrogens with zero attached hydrogens (tertiary/aromatic N) is 3. The number of hydrogen-bond donors (Lipinski definition) is 2.